The Kier molecular flexibility index (Phi) is 3.91. The van der Waals surface area contributed by atoms with Crippen LogP contribution in [0.3, 0.4) is 0 Å². The fourth-order valence-electron chi connectivity index (χ4n) is 2.32. The fourth-order valence-corrected chi connectivity index (χ4v) is 2.49. The minimum Gasteiger partial charge on any atom is -0.370 e. The van der Waals surface area contributed by atoms with Crippen molar-refractivity contribution < 1.29 is 13.2 Å². The molecule has 0 aromatic heterocycles. The topological polar surface area (TPSA) is 27.0 Å². The largest absolute Gasteiger partial charge is 0.391 e. The van der Waals surface area contributed by atoms with Gasteiger partial charge in [0.2, 0.25) is 0 Å². The van der Waals surface area contributed by atoms with Gasteiger partial charge < -0.3 is 4.90 Å². The van der Waals surface area contributed by atoms with Gasteiger partial charge in [0.15, 0.2) is 0 Å². The number of rotatable bonds is 1. The lowest BCUT2D eigenvalue weighted by Gasteiger charge is -2.34. The van der Waals surface area contributed by atoms with E-state index >= 15 is 0 Å². The van der Waals surface area contributed by atoms with E-state index < -0.39 is 12.1 Å². The first-order chi connectivity index (χ1) is 8.91. The molecule has 102 valence electrons. The van der Waals surface area contributed by atoms with Crippen molar-refractivity contribution in [1.29, 1.82) is 5.26 Å². The van der Waals surface area contributed by atoms with Crippen LogP contribution < -0.4 is 4.90 Å². The zero-order valence-corrected chi connectivity index (χ0v) is 10.8. The predicted octanol–water partition coefficient (Wildman–Crippen LogP) is 3.99. The van der Waals surface area contributed by atoms with E-state index in [-0.39, 0.29) is 12.8 Å². The summed E-state index contributed by atoms with van der Waals surface area (Å²) >= 11 is 5.80. The summed E-state index contributed by atoms with van der Waals surface area (Å²) in [6.45, 7) is 0.612. The summed E-state index contributed by atoms with van der Waals surface area (Å²) in [7, 11) is 0. The van der Waals surface area contributed by atoms with Crippen molar-refractivity contribution in [3.05, 3.63) is 28.8 Å². The van der Waals surface area contributed by atoms with Crippen molar-refractivity contribution in [2.45, 2.75) is 19.0 Å². The number of anilines is 1. The summed E-state index contributed by atoms with van der Waals surface area (Å²) in [5.74, 6) is -1.23. The maximum absolute atomic E-state index is 12.6. The first-order valence-electron chi connectivity index (χ1n) is 5.93. The van der Waals surface area contributed by atoms with Gasteiger partial charge in [-0.05, 0) is 31.0 Å². The van der Waals surface area contributed by atoms with Crippen LogP contribution >= 0.6 is 11.6 Å². The van der Waals surface area contributed by atoms with Crippen molar-refractivity contribution in [3.63, 3.8) is 0 Å². The number of nitrogens with zero attached hydrogens (tertiary/aromatic N) is 2. The van der Waals surface area contributed by atoms with E-state index in [2.05, 4.69) is 0 Å². The van der Waals surface area contributed by atoms with Gasteiger partial charge in [-0.25, -0.2) is 0 Å². The summed E-state index contributed by atoms with van der Waals surface area (Å²) in [6, 6.07) is 6.90. The normalized spacial score (nSPS) is 17.3. The van der Waals surface area contributed by atoms with Gasteiger partial charge in [-0.1, -0.05) is 11.6 Å². The number of alkyl halides is 3. The highest BCUT2D eigenvalue weighted by molar-refractivity contribution is 6.30. The molecule has 2 rings (SSSR count). The summed E-state index contributed by atoms with van der Waals surface area (Å²) in [5.41, 5.74) is 1.06. The highest BCUT2D eigenvalue weighted by atomic mass is 35.5. The number of piperidine rings is 1. The minimum atomic E-state index is -4.12. The third-order valence-electron chi connectivity index (χ3n) is 3.38. The molecule has 0 aliphatic carbocycles. The Morgan fingerprint density at radius 1 is 1.26 bits per heavy atom. The summed E-state index contributed by atoms with van der Waals surface area (Å²) in [4.78, 5) is 1.82. The Balaban J connectivity index is 2.12. The van der Waals surface area contributed by atoms with E-state index in [1.807, 2.05) is 11.0 Å². The molecule has 0 radical (unpaired) electrons. The lowest BCUT2D eigenvalue weighted by Crippen LogP contribution is -2.39. The minimum absolute atomic E-state index is 0.0665. The Labute approximate surface area is 114 Å². The molecule has 0 atom stereocenters. The van der Waals surface area contributed by atoms with Crippen LogP contribution in [0.5, 0.6) is 0 Å². The third-order valence-corrected chi connectivity index (χ3v) is 3.61. The molecule has 19 heavy (non-hydrogen) atoms. The Morgan fingerprint density at radius 2 is 1.89 bits per heavy atom. The molecule has 1 heterocycles. The zero-order valence-electron chi connectivity index (χ0n) is 10.0. The summed E-state index contributed by atoms with van der Waals surface area (Å²) < 4.78 is 37.7. The van der Waals surface area contributed by atoms with E-state index in [0.717, 1.165) is 0 Å². The van der Waals surface area contributed by atoms with Gasteiger partial charge in [-0.3, -0.25) is 0 Å². The monoisotopic (exact) mass is 288 g/mol. The maximum Gasteiger partial charge on any atom is 0.391 e. The standard InChI is InChI=1S/C13H12ClF3N2/c14-11-1-2-12(9(7-11)8-18)19-5-3-10(4-6-19)13(15,16)17/h1-2,7,10H,3-6H2. The van der Waals surface area contributed by atoms with Crippen molar-refractivity contribution >= 4 is 17.3 Å². The van der Waals surface area contributed by atoms with Gasteiger partial charge >= 0.3 is 6.18 Å². The van der Waals surface area contributed by atoms with Crippen LogP contribution in [0.2, 0.25) is 5.02 Å². The number of benzene rings is 1. The Morgan fingerprint density at radius 3 is 2.42 bits per heavy atom. The van der Waals surface area contributed by atoms with Gasteiger partial charge in [-0.15, -0.1) is 0 Å². The second-order valence-corrected chi connectivity index (χ2v) is 5.01. The highest BCUT2D eigenvalue weighted by Gasteiger charge is 2.41. The van der Waals surface area contributed by atoms with Gasteiger partial charge in [0.05, 0.1) is 17.2 Å². The molecule has 1 aliphatic heterocycles. The third kappa shape index (κ3) is 3.13. The molecule has 0 saturated carbocycles. The van der Waals surface area contributed by atoms with Crippen molar-refractivity contribution in [3.8, 4) is 6.07 Å². The van der Waals surface area contributed by atoms with Crippen LogP contribution in [0, 0.1) is 17.2 Å². The Bertz CT molecular complexity index is 500. The number of hydrogen-bond acceptors (Lipinski definition) is 2. The second kappa shape index (κ2) is 5.30. The van der Waals surface area contributed by atoms with Crippen LogP contribution in [-0.2, 0) is 0 Å². The van der Waals surface area contributed by atoms with Crippen molar-refractivity contribution in [2.24, 2.45) is 5.92 Å². The maximum atomic E-state index is 12.6. The number of nitriles is 1. The molecular formula is C13H12ClF3N2. The van der Waals surface area contributed by atoms with Gasteiger partial charge in [0.1, 0.15) is 6.07 Å². The van der Waals surface area contributed by atoms with Gasteiger partial charge in [0.25, 0.3) is 0 Å². The molecule has 0 N–H and O–H groups in total. The van der Waals surface area contributed by atoms with E-state index in [0.29, 0.717) is 29.4 Å². The van der Waals surface area contributed by atoms with Crippen LogP contribution in [0.15, 0.2) is 18.2 Å². The van der Waals surface area contributed by atoms with Gasteiger partial charge in [0, 0.05) is 18.1 Å². The van der Waals surface area contributed by atoms with Crippen LogP contribution in [0.25, 0.3) is 0 Å². The molecule has 1 saturated heterocycles. The zero-order chi connectivity index (χ0) is 14.0. The summed E-state index contributed by atoms with van der Waals surface area (Å²) in [6.07, 6.45) is -3.99. The van der Waals surface area contributed by atoms with Crippen molar-refractivity contribution in [2.75, 3.05) is 18.0 Å². The smallest absolute Gasteiger partial charge is 0.370 e. The molecule has 6 heteroatoms. The molecule has 0 unspecified atom stereocenters. The van der Waals surface area contributed by atoms with E-state index in [1.165, 1.54) is 6.07 Å². The lowest BCUT2D eigenvalue weighted by molar-refractivity contribution is -0.179. The number of hydrogen-bond donors (Lipinski definition) is 0. The molecule has 1 aromatic carbocycles. The van der Waals surface area contributed by atoms with E-state index in [4.69, 9.17) is 16.9 Å². The second-order valence-electron chi connectivity index (χ2n) is 4.58. The first kappa shape index (κ1) is 14.0. The molecule has 1 aromatic rings. The van der Waals surface area contributed by atoms with Crippen molar-refractivity contribution in [1.82, 2.24) is 0 Å². The highest BCUT2D eigenvalue weighted by Crippen LogP contribution is 2.36. The molecule has 0 spiro atoms. The van der Waals surface area contributed by atoms with Gasteiger partial charge in [-0.2, -0.15) is 18.4 Å². The van der Waals surface area contributed by atoms with Crippen LogP contribution in [-0.4, -0.2) is 19.3 Å². The van der Waals surface area contributed by atoms with E-state index in [9.17, 15) is 13.2 Å². The quantitative estimate of drug-likeness (QED) is 0.781. The molecule has 2 nitrogen and oxygen atoms in total. The predicted molar refractivity (Wildman–Crippen MR) is 67.2 cm³/mol. The molecule has 0 bridgehead atoms. The first-order valence-corrected chi connectivity index (χ1v) is 6.31. The molecule has 1 fully saturated rings. The lowest BCUT2D eigenvalue weighted by atomic mass is 9.95. The molecule has 1 aliphatic rings. The SMILES string of the molecule is N#Cc1cc(Cl)ccc1N1CCC(C(F)(F)F)CC1. The summed E-state index contributed by atoms with van der Waals surface area (Å²) in [5, 5.41) is 9.49. The number of halogens is 4. The average Bonchev–Trinajstić information content (AvgIpc) is 2.37. The molecule has 0 amide bonds. The Hall–Kier alpha value is -1.41. The van der Waals surface area contributed by atoms with E-state index in [1.54, 1.807) is 12.1 Å². The van der Waals surface area contributed by atoms with Crippen LogP contribution in [0.4, 0.5) is 18.9 Å². The fraction of sp³-hybridized carbons (Fsp3) is 0.462. The molecular weight excluding hydrogens is 277 g/mol. The average molecular weight is 289 g/mol. The van der Waals surface area contributed by atoms with Crippen LogP contribution in [0.1, 0.15) is 18.4 Å².